The molecule has 0 fully saturated rings. The van der Waals surface area contributed by atoms with E-state index in [4.69, 9.17) is 0 Å². The third-order valence-electron chi connectivity index (χ3n) is 2.22. The summed E-state index contributed by atoms with van der Waals surface area (Å²) in [4.78, 5) is 33.1. The summed E-state index contributed by atoms with van der Waals surface area (Å²) in [6, 6.07) is -0.300. The highest BCUT2D eigenvalue weighted by molar-refractivity contribution is 5.85. The van der Waals surface area contributed by atoms with Gasteiger partial charge in [-0.3, -0.25) is 14.4 Å². The third-order valence-corrected chi connectivity index (χ3v) is 2.22. The molecule has 6 nitrogen and oxygen atoms in total. The SMILES string of the molecule is CNC(=O)CNC(=O)CC[C@H](NC)C(C)=O. The van der Waals surface area contributed by atoms with Gasteiger partial charge >= 0.3 is 0 Å². The lowest BCUT2D eigenvalue weighted by atomic mass is 10.1. The molecule has 16 heavy (non-hydrogen) atoms. The van der Waals surface area contributed by atoms with Gasteiger partial charge in [0.05, 0.1) is 12.6 Å². The molecule has 0 saturated carbocycles. The third kappa shape index (κ3) is 6.13. The summed E-state index contributed by atoms with van der Waals surface area (Å²) in [7, 11) is 3.18. The Kier molecular flexibility index (Phi) is 7.11. The zero-order chi connectivity index (χ0) is 12.6. The molecule has 0 unspecified atom stereocenters. The van der Waals surface area contributed by atoms with Crippen molar-refractivity contribution in [1.82, 2.24) is 16.0 Å². The van der Waals surface area contributed by atoms with E-state index >= 15 is 0 Å². The molecular formula is C10H19N3O3. The second kappa shape index (κ2) is 7.81. The maximum atomic E-state index is 11.3. The lowest BCUT2D eigenvalue weighted by molar-refractivity contribution is -0.126. The topological polar surface area (TPSA) is 87.3 Å². The maximum Gasteiger partial charge on any atom is 0.239 e. The normalized spacial score (nSPS) is 11.7. The zero-order valence-electron chi connectivity index (χ0n) is 9.92. The molecule has 0 aliphatic heterocycles. The van der Waals surface area contributed by atoms with Gasteiger partial charge in [-0.05, 0) is 20.4 Å². The summed E-state index contributed by atoms with van der Waals surface area (Å²) in [5.41, 5.74) is 0. The Hall–Kier alpha value is -1.43. The van der Waals surface area contributed by atoms with Crippen LogP contribution in [0.1, 0.15) is 19.8 Å². The number of Topliss-reactive ketones (excluding diaryl/α,β-unsaturated/α-hetero) is 1. The number of carbonyl (C=O) groups excluding carboxylic acids is 3. The molecule has 0 aromatic rings. The van der Waals surface area contributed by atoms with Crippen LogP contribution in [0.5, 0.6) is 0 Å². The average molecular weight is 229 g/mol. The first-order valence-corrected chi connectivity index (χ1v) is 5.16. The molecular weight excluding hydrogens is 210 g/mol. The Morgan fingerprint density at radius 2 is 1.75 bits per heavy atom. The molecule has 6 heteroatoms. The van der Waals surface area contributed by atoms with Crippen LogP contribution in [0, 0.1) is 0 Å². The van der Waals surface area contributed by atoms with Crippen LogP contribution in [-0.4, -0.2) is 44.3 Å². The first kappa shape index (κ1) is 14.6. The Morgan fingerprint density at radius 1 is 1.12 bits per heavy atom. The van der Waals surface area contributed by atoms with E-state index in [1.807, 2.05) is 0 Å². The van der Waals surface area contributed by atoms with Crippen molar-refractivity contribution in [3.63, 3.8) is 0 Å². The second-order valence-electron chi connectivity index (χ2n) is 3.44. The fourth-order valence-electron chi connectivity index (χ4n) is 1.18. The fraction of sp³-hybridized carbons (Fsp3) is 0.700. The summed E-state index contributed by atoms with van der Waals surface area (Å²) >= 11 is 0. The summed E-state index contributed by atoms with van der Waals surface area (Å²) in [5, 5.41) is 7.68. The molecule has 0 radical (unpaired) electrons. The number of amides is 2. The molecule has 92 valence electrons. The van der Waals surface area contributed by atoms with Crippen LogP contribution in [0.15, 0.2) is 0 Å². The van der Waals surface area contributed by atoms with Gasteiger partial charge in [-0.15, -0.1) is 0 Å². The molecule has 0 aromatic heterocycles. The Balaban J connectivity index is 3.80. The van der Waals surface area contributed by atoms with E-state index in [0.29, 0.717) is 6.42 Å². The number of likely N-dealkylation sites (N-methyl/N-ethyl adjacent to an activating group) is 2. The Morgan fingerprint density at radius 3 is 2.19 bits per heavy atom. The van der Waals surface area contributed by atoms with Crippen molar-refractivity contribution in [2.75, 3.05) is 20.6 Å². The van der Waals surface area contributed by atoms with Gasteiger partial charge in [0.15, 0.2) is 0 Å². The molecule has 0 heterocycles. The minimum atomic E-state index is -0.300. The van der Waals surface area contributed by atoms with E-state index in [1.54, 1.807) is 7.05 Å². The van der Waals surface area contributed by atoms with Crippen LogP contribution in [0.3, 0.4) is 0 Å². The van der Waals surface area contributed by atoms with Crippen LogP contribution in [0.4, 0.5) is 0 Å². The molecule has 1 atom stereocenters. The number of ketones is 1. The number of hydrogen-bond acceptors (Lipinski definition) is 4. The van der Waals surface area contributed by atoms with Crippen molar-refractivity contribution >= 4 is 17.6 Å². The number of carbonyl (C=O) groups is 3. The predicted molar refractivity (Wildman–Crippen MR) is 59.8 cm³/mol. The molecule has 0 aliphatic carbocycles. The van der Waals surface area contributed by atoms with E-state index in [9.17, 15) is 14.4 Å². The van der Waals surface area contributed by atoms with Gasteiger partial charge < -0.3 is 16.0 Å². The van der Waals surface area contributed by atoms with Crippen molar-refractivity contribution in [2.45, 2.75) is 25.8 Å². The first-order valence-electron chi connectivity index (χ1n) is 5.16. The van der Waals surface area contributed by atoms with E-state index in [-0.39, 0.29) is 36.6 Å². The highest BCUT2D eigenvalue weighted by Crippen LogP contribution is 1.97. The maximum absolute atomic E-state index is 11.3. The van der Waals surface area contributed by atoms with Crippen molar-refractivity contribution < 1.29 is 14.4 Å². The van der Waals surface area contributed by atoms with Gasteiger partial charge in [-0.2, -0.15) is 0 Å². The van der Waals surface area contributed by atoms with Crippen LogP contribution in [0.2, 0.25) is 0 Å². The van der Waals surface area contributed by atoms with Crippen molar-refractivity contribution in [3.8, 4) is 0 Å². The second-order valence-corrected chi connectivity index (χ2v) is 3.44. The lowest BCUT2D eigenvalue weighted by Crippen LogP contribution is -2.37. The number of hydrogen-bond donors (Lipinski definition) is 3. The molecule has 0 saturated heterocycles. The quantitative estimate of drug-likeness (QED) is 0.512. The minimum absolute atomic E-state index is 0.00148. The zero-order valence-corrected chi connectivity index (χ0v) is 9.92. The minimum Gasteiger partial charge on any atom is -0.358 e. The van der Waals surface area contributed by atoms with E-state index in [1.165, 1.54) is 14.0 Å². The smallest absolute Gasteiger partial charge is 0.239 e. The summed E-state index contributed by atoms with van der Waals surface area (Å²) in [5.74, 6) is -0.475. The fourth-order valence-corrected chi connectivity index (χ4v) is 1.18. The van der Waals surface area contributed by atoms with Gasteiger partial charge in [0, 0.05) is 13.5 Å². The van der Waals surface area contributed by atoms with Crippen molar-refractivity contribution in [3.05, 3.63) is 0 Å². The monoisotopic (exact) mass is 229 g/mol. The highest BCUT2D eigenvalue weighted by atomic mass is 16.2. The molecule has 3 N–H and O–H groups in total. The summed E-state index contributed by atoms with van der Waals surface area (Å²) < 4.78 is 0. The van der Waals surface area contributed by atoms with Crippen molar-refractivity contribution in [1.29, 1.82) is 0 Å². The molecule has 0 aliphatic rings. The molecule has 0 spiro atoms. The van der Waals surface area contributed by atoms with E-state index in [0.717, 1.165) is 0 Å². The summed E-state index contributed by atoms with van der Waals surface area (Å²) in [6.07, 6.45) is 0.660. The predicted octanol–water partition coefficient (Wildman–Crippen LogP) is -1.19. The average Bonchev–Trinajstić information content (AvgIpc) is 2.26. The van der Waals surface area contributed by atoms with E-state index in [2.05, 4.69) is 16.0 Å². The van der Waals surface area contributed by atoms with Crippen LogP contribution < -0.4 is 16.0 Å². The van der Waals surface area contributed by atoms with Crippen LogP contribution in [0.25, 0.3) is 0 Å². The standard InChI is InChI=1S/C10H19N3O3/c1-7(14)8(11-2)4-5-9(15)13-6-10(16)12-3/h8,11H,4-6H2,1-3H3,(H,12,16)(H,13,15)/t8-/m0/s1. The van der Waals surface area contributed by atoms with E-state index < -0.39 is 0 Å². The molecule has 0 rings (SSSR count). The molecule has 2 amide bonds. The van der Waals surface area contributed by atoms with Gasteiger partial charge in [-0.1, -0.05) is 0 Å². The first-order chi connectivity index (χ1) is 7.51. The lowest BCUT2D eigenvalue weighted by Gasteiger charge is -2.11. The number of nitrogens with one attached hydrogen (secondary N) is 3. The largest absolute Gasteiger partial charge is 0.358 e. The van der Waals surface area contributed by atoms with Crippen LogP contribution in [-0.2, 0) is 14.4 Å². The van der Waals surface area contributed by atoms with Gasteiger partial charge in [0.1, 0.15) is 5.78 Å². The van der Waals surface area contributed by atoms with Crippen LogP contribution >= 0.6 is 0 Å². The Labute approximate surface area is 95.2 Å². The van der Waals surface area contributed by atoms with Gasteiger partial charge in [-0.25, -0.2) is 0 Å². The van der Waals surface area contributed by atoms with Gasteiger partial charge in [0.2, 0.25) is 11.8 Å². The van der Waals surface area contributed by atoms with Gasteiger partial charge in [0.25, 0.3) is 0 Å². The van der Waals surface area contributed by atoms with Crippen molar-refractivity contribution in [2.24, 2.45) is 0 Å². The Bertz CT molecular complexity index is 266. The molecule has 0 bridgehead atoms. The number of rotatable bonds is 7. The summed E-state index contributed by atoms with van der Waals surface area (Å²) in [6.45, 7) is 1.45. The highest BCUT2D eigenvalue weighted by Gasteiger charge is 2.13. The molecule has 0 aromatic carbocycles.